The highest BCUT2D eigenvalue weighted by atomic mass is 35.5. The summed E-state index contributed by atoms with van der Waals surface area (Å²) in [5, 5.41) is 6.40. The fourth-order valence-electron chi connectivity index (χ4n) is 2.46. The van der Waals surface area contributed by atoms with Crippen molar-refractivity contribution in [1.82, 2.24) is 4.90 Å². The van der Waals surface area contributed by atoms with Gasteiger partial charge >= 0.3 is 6.03 Å². The number of likely N-dealkylation sites (N-methyl/N-ethyl adjacent to an activating group) is 1. The Hall–Kier alpha value is -2.24. The molecule has 5 nitrogen and oxygen atoms in total. The van der Waals surface area contributed by atoms with Crippen LogP contribution in [0.15, 0.2) is 47.5 Å². The largest absolute Gasteiger partial charge is 0.358 e. The Balaban J connectivity index is 1.72. The van der Waals surface area contributed by atoms with Crippen molar-refractivity contribution in [3.05, 3.63) is 58.1 Å². The molecule has 0 unspecified atom stereocenters. The number of hydrogen-bond acceptors (Lipinski definition) is 3. The smallest absolute Gasteiger partial charge is 0.323 e. The van der Waals surface area contributed by atoms with Gasteiger partial charge < -0.3 is 15.5 Å². The summed E-state index contributed by atoms with van der Waals surface area (Å²) in [6.45, 7) is 1.69. The van der Waals surface area contributed by atoms with E-state index in [9.17, 15) is 4.79 Å². The Morgan fingerprint density at radius 1 is 1.17 bits per heavy atom. The summed E-state index contributed by atoms with van der Waals surface area (Å²) in [4.78, 5) is 18.7. The zero-order chi connectivity index (χ0) is 17.1. The highest BCUT2D eigenvalue weighted by molar-refractivity contribution is 6.35. The molecule has 0 atom stereocenters. The standard InChI is InChI=1S/C17H16Cl2N4O/c1-23-8-7-20-16(23)11-3-2-4-13(9-11)21-17(24)22-15-10-12(18)5-6-14(15)19/h2-6,9-10H,7-8H2,1H3,(H2,21,22,24). The van der Waals surface area contributed by atoms with E-state index in [4.69, 9.17) is 23.2 Å². The van der Waals surface area contributed by atoms with Crippen molar-refractivity contribution >= 4 is 46.4 Å². The van der Waals surface area contributed by atoms with Gasteiger partial charge in [0, 0.05) is 29.9 Å². The first-order valence-corrected chi connectivity index (χ1v) is 8.17. The molecule has 124 valence electrons. The first kappa shape index (κ1) is 16.6. The van der Waals surface area contributed by atoms with Crippen LogP contribution in [-0.2, 0) is 0 Å². The number of nitrogens with one attached hydrogen (secondary N) is 2. The fraction of sp³-hybridized carbons (Fsp3) is 0.176. The van der Waals surface area contributed by atoms with Gasteiger partial charge in [-0.25, -0.2) is 4.79 Å². The van der Waals surface area contributed by atoms with Gasteiger partial charge in [-0.3, -0.25) is 4.99 Å². The van der Waals surface area contributed by atoms with Gasteiger partial charge in [-0.2, -0.15) is 0 Å². The third-order valence-corrected chi connectivity index (χ3v) is 4.18. The average molecular weight is 363 g/mol. The predicted octanol–water partition coefficient (Wildman–Crippen LogP) is 4.33. The van der Waals surface area contributed by atoms with E-state index in [0.29, 0.717) is 21.4 Å². The number of halogens is 2. The quantitative estimate of drug-likeness (QED) is 0.853. The van der Waals surface area contributed by atoms with Crippen molar-refractivity contribution in [1.29, 1.82) is 0 Å². The lowest BCUT2D eigenvalue weighted by atomic mass is 10.1. The second-order valence-corrected chi connectivity index (χ2v) is 6.25. The molecule has 0 saturated carbocycles. The molecule has 1 aliphatic rings. The highest BCUT2D eigenvalue weighted by Gasteiger charge is 2.15. The Morgan fingerprint density at radius 3 is 2.75 bits per heavy atom. The molecular weight excluding hydrogens is 347 g/mol. The van der Waals surface area contributed by atoms with Crippen LogP contribution in [-0.4, -0.2) is 36.9 Å². The van der Waals surface area contributed by atoms with Crippen LogP contribution in [0.4, 0.5) is 16.2 Å². The highest BCUT2D eigenvalue weighted by Crippen LogP contribution is 2.25. The molecule has 2 aromatic carbocycles. The van der Waals surface area contributed by atoms with Gasteiger partial charge in [0.25, 0.3) is 0 Å². The van der Waals surface area contributed by atoms with Gasteiger partial charge in [0.05, 0.1) is 17.3 Å². The molecule has 0 bridgehead atoms. The number of urea groups is 1. The van der Waals surface area contributed by atoms with Crippen LogP contribution in [0.3, 0.4) is 0 Å². The summed E-state index contributed by atoms with van der Waals surface area (Å²) >= 11 is 12.0. The topological polar surface area (TPSA) is 56.7 Å². The molecule has 3 rings (SSSR count). The van der Waals surface area contributed by atoms with Crippen molar-refractivity contribution in [2.75, 3.05) is 30.8 Å². The van der Waals surface area contributed by atoms with Crippen LogP contribution in [0, 0.1) is 0 Å². The number of amidine groups is 1. The molecule has 2 aromatic rings. The van der Waals surface area contributed by atoms with Gasteiger partial charge in [0.15, 0.2) is 0 Å². The maximum Gasteiger partial charge on any atom is 0.323 e. The maximum absolute atomic E-state index is 12.2. The van der Waals surface area contributed by atoms with Gasteiger partial charge in [-0.15, -0.1) is 0 Å². The normalized spacial score (nSPS) is 13.6. The molecule has 0 saturated heterocycles. The van der Waals surface area contributed by atoms with E-state index in [1.807, 2.05) is 31.3 Å². The van der Waals surface area contributed by atoms with Crippen LogP contribution in [0.25, 0.3) is 0 Å². The van der Waals surface area contributed by atoms with Crippen molar-refractivity contribution in [2.24, 2.45) is 4.99 Å². The number of benzene rings is 2. The SMILES string of the molecule is CN1CCN=C1c1cccc(NC(=O)Nc2cc(Cl)ccc2Cl)c1. The van der Waals surface area contributed by atoms with Crippen LogP contribution >= 0.6 is 23.2 Å². The Bertz CT molecular complexity index is 807. The van der Waals surface area contributed by atoms with E-state index in [0.717, 1.165) is 24.5 Å². The Morgan fingerprint density at radius 2 is 2.00 bits per heavy atom. The number of carbonyl (C=O) groups is 1. The Labute approximate surface area is 150 Å². The summed E-state index contributed by atoms with van der Waals surface area (Å²) in [7, 11) is 2.00. The number of carbonyl (C=O) groups excluding carboxylic acids is 1. The third kappa shape index (κ3) is 3.80. The van der Waals surface area contributed by atoms with Gasteiger partial charge in [0.2, 0.25) is 0 Å². The first-order chi connectivity index (χ1) is 11.5. The molecule has 0 spiro atoms. The van der Waals surface area contributed by atoms with E-state index < -0.39 is 6.03 Å². The van der Waals surface area contributed by atoms with Crippen LogP contribution in [0.2, 0.25) is 10.0 Å². The van der Waals surface area contributed by atoms with Crippen molar-refractivity contribution in [2.45, 2.75) is 0 Å². The second kappa shape index (κ2) is 7.11. The molecule has 0 fully saturated rings. The lowest BCUT2D eigenvalue weighted by Crippen LogP contribution is -2.24. The van der Waals surface area contributed by atoms with E-state index in [1.54, 1.807) is 18.2 Å². The number of anilines is 2. The number of aliphatic imine (C=N–C) groups is 1. The molecule has 0 aromatic heterocycles. The first-order valence-electron chi connectivity index (χ1n) is 7.42. The molecule has 0 radical (unpaired) electrons. The average Bonchev–Trinajstić information content (AvgIpc) is 2.97. The van der Waals surface area contributed by atoms with Crippen LogP contribution < -0.4 is 10.6 Å². The Kier molecular flexibility index (Phi) is 4.92. The lowest BCUT2D eigenvalue weighted by Gasteiger charge is -2.15. The fourth-order valence-corrected chi connectivity index (χ4v) is 2.80. The third-order valence-electron chi connectivity index (χ3n) is 3.61. The number of hydrogen-bond donors (Lipinski definition) is 2. The van der Waals surface area contributed by atoms with E-state index >= 15 is 0 Å². The second-order valence-electron chi connectivity index (χ2n) is 5.41. The summed E-state index contributed by atoms with van der Waals surface area (Å²) < 4.78 is 0. The zero-order valence-corrected chi connectivity index (χ0v) is 14.5. The van der Waals surface area contributed by atoms with E-state index in [-0.39, 0.29) is 0 Å². The zero-order valence-electron chi connectivity index (χ0n) is 13.0. The molecule has 1 aliphatic heterocycles. The van der Waals surface area contributed by atoms with Gasteiger partial charge in [-0.05, 0) is 30.3 Å². The van der Waals surface area contributed by atoms with Crippen molar-refractivity contribution in [3.8, 4) is 0 Å². The molecule has 0 aliphatic carbocycles. The number of rotatable bonds is 3. The van der Waals surface area contributed by atoms with Crippen molar-refractivity contribution in [3.63, 3.8) is 0 Å². The minimum atomic E-state index is -0.391. The monoisotopic (exact) mass is 362 g/mol. The van der Waals surface area contributed by atoms with E-state index in [2.05, 4.69) is 20.5 Å². The van der Waals surface area contributed by atoms with Crippen LogP contribution in [0.5, 0.6) is 0 Å². The maximum atomic E-state index is 12.2. The summed E-state index contributed by atoms with van der Waals surface area (Å²) in [5.41, 5.74) is 2.09. The summed E-state index contributed by atoms with van der Waals surface area (Å²) in [6.07, 6.45) is 0. The summed E-state index contributed by atoms with van der Waals surface area (Å²) in [6, 6.07) is 12.1. The number of amides is 2. The van der Waals surface area contributed by atoms with Gasteiger partial charge in [0.1, 0.15) is 5.84 Å². The minimum absolute atomic E-state index is 0.391. The number of nitrogens with zero attached hydrogens (tertiary/aromatic N) is 2. The lowest BCUT2D eigenvalue weighted by molar-refractivity contribution is 0.262. The molecule has 2 N–H and O–H groups in total. The minimum Gasteiger partial charge on any atom is -0.358 e. The predicted molar refractivity (Wildman–Crippen MR) is 99.6 cm³/mol. The van der Waals surface area contributed by atoms with Crippen LogP contribution in [0.1, 0.15) is 5.56 Å². The molecule has 7 heteroatoms. The van der Waals surface area contributed by atoms with Crippen molar-refractivity contribution < 1.29 is 4.79 Å². The van der Waals surface area contributed by atoms with Gasteiger partial charge in [-0.1, -0.05) is 35.3 Å². The molecule has 2 amide bonds. The molecular formula is C17H16Cl2N4O. The molecule has 1 heterocycles. The van der Waals surface area contributed by atoms with E-state index in [1.165, 1.54) is 0 Å². The molecule has 24 heavy (non-hydrogen) atoms. The summed E-state index contributed by atoms with van der Waals surface area (Å²) in [5.74, 6) is 0.928.